The highest BCUT2D eigenvalue weighted by Gasteiger charge is 2.54. The third-order valence-corrected chi connectivity index (χ3v) is 5.06. The summed E-state index contributed by atoms with van der Waals surface area (Å²) < 4.78 is 53.0. The third-order valence-electron chi connectivity index (χ3n) is 4.57. The van der Waals surface area contributed by atoms with Gasteiger partial charge in [-0.15, -0.1) is 0 Å². The van der Waals surface area contributed by atoms with Crippen molar-refractivity contribution in [1.29, 1.82) is 0 Å². The average Bonchev–Trinajstić information content (AvgIpc) is 2.66. The highest BCUT2D eigenvalue weighted by Crippen LogP contribution is 2.43. The highest BCUT2D eigenvalue weighted by molar-refractivity contribution is 9.10. The molecule has 1 N–H and O–H groups in total. The summed E-state index contributed by atoms with van der Waals surface area (Å²) in [4.78, 5) is 14.2. The zero-order valence-corrected chi connectivity index (χ0v) is 16.0. The van der Waals surface area contributed by atoms with Crippen LogP contribution in [0.5, 0.6) is 0 Å². The largest absolute Gasteiger partial charge is 0.376 e. The van der Waals surface area contributed by atoms with Gasteiger partial charge in [0.1, 0.15) is 17.2 Å². The van der Waals surface area contributed by atoms with Gasteiger partial charge in [0, 0.05) is 35.4 Å². The second-order valence-electron chi connectivity index (χ2n) is 5.97. The van der Waals surface area contributed by atoms with Crippen LogP contribution in [0.2, 0.25) is 0 Å². The first-order valence-electron chi connectivity index (χ1n) is 7.45. The van der Waals surface area contributed by atoms with Crippen LogP contribution in [0, 0.1) is 11.7 Å². The lowest BCUT2D eigenvalue weighted by molar-refractivity contribution is -0.153. The van der Waals surface area contributed by atoms with Gasteiger partial charge in [-0.25, -0.2) is 4.39 Å². The van der Waals surface area contributed by atoms with E-state index in [0.29, 0.717) is 17.8 Å². The summed E-state index contributed by atoms with van der Waals surface area (Å²) in [5, 5.41) is 3.24. The summed E-state index contributed by atoms with van der Waals surface area (Å²) in [7, 11) is 1.68. The number of nitrogens with zero attached hydrogens (tertiary/aromatic N) is 1. The first kappa shape index (κ1) is 25.2. The number of nitrogens with one attached hydrogen (secondary N) is 1. The number of hydrogen-bond acceptors (Lipinski definition) is 3. The standard InChI is InChI=1S/C16H18BrFN2O2.2F2.FH/c1-9-6-13-15(21)20(3)10(2)19-16(13,8-22-9)12-7-11(17)4-5-14(12)18;2*1-2;/h4-5,7,9,13,19H,2,6,8H2,1,3H3;;;1H/t9-,13-,16+;;;/m0.../s1. The van der Waals surface area contributed by atoms with Crippen LogP contribution in [-0.4, -0.2) is 30.6 Å². The number of fused-ring (bicyclic) bond motifs is 1. The molecule has 2 saturated heterocycles. The average molecular weight is 465 g/mol. The number of halogens is 7. The fourth-order valence-electron chi connectivity index (χ4n) is 3.29. The Balaban J connectivity index is 0.00000127. The number of amides is 1. The Morgan fingerprint density at radius 2 is 1.93 bits per heavy atom. The maximum atomic E-state index is 14.5. The Labute approximate surface area is 160 Å². The molecule has 11 heteroatoms. The van der Waals surface area contributed by atoms with E-state index < -0.39 is 11.5 Å². The van der Waals surface area contributed by atoms with Gasteiger partial charge < -0.3 is 15.0 Å². The predicted octanol–water partition coefficient (Wildman–Crippen LogP) is 4.57. The molecule has 0 radical (unpaired) electrons. The number of hydrogen-bond donors (Lipinski definition) is 1. The van der Waals surface area contributed by atoms with E-state index in [1.807, 2.05) is 6.92 Å². The van der Waals surface area contributed by atoms with Crippen LogP contribution in [0.3, 0.4) is 0 Å². The summed E-state index contributed by atoms with van der Waals surface area (Å²) in [6.07, 6.45) is 0.494. The van der Waals surface area contributed by atoms with E-state index in [4.69, 9.17) is 23.0 Å². The van der Waals surface area contributed by atoms with Crippen molar-refractivity contribution in [3.05, 3.63) is 46.5 Å². The van der Waals surface area contributed by atoms with Crippen LogP contribution in [0.15, 0.2) is 35.1 Å². The number of carbonyl (C=O) groups excluding carboxylic acids is 1. The summed E-state index contributed by atoms with van der Waals surface area (Å²) in [6.45, 7) is 6.04. The van der Waals surface area contributed by atoms with E-state index in [0.717, 1.165) is 4.47 Å². The maximum Gasteiger partial charge on any atom is 0.233 e. The van der Waals surface area contributed by atoms with Crippen molar-refractivity contribution >= 4 is 21.8 Å². The lowest BCUT2D eigenvalue weighted by Crippen LogP contribution is -2.65. The summed E-state index contributed by atoms with van der Waals surface area (Å²) in [5.41, 5.74) is -0.484. The van der Waals surface area contributed by atoms with Gasteiger partial charge in [0.15, 0.2) is 0 Å². The first-order valence-corrected chi connectivity index (χ1v) is 8.25. The lowest BCUT2D eigenvalue weighted by Gasteiger charge is -2.51. The first-order chi connectivity index (χ1) is 12.3. The van der Waals surface area contributed by atoms with E-state index in [9.17, 15) is 9.18 Å². The zero-order chi connectivity index (χ0) is 20.1. The molecule has 0 spiro atoms. The molecule has 3 atom stereocenters. The minimum Gasteiger partial charge on any atom is -0.376 e. The normalized spacial score (nSPS) is 26.3. The molecule has 0 aromatic heterocycles. The Morgan fingerprint density at radius 1 is 1.33 bits per heavy atom. The van der Waals surface area contributed by atoms with Crippen LogP contribution >= 0.6 is 15.9 Å². The lowest BCUT2D eigenvalue weighted by atomic mass is 9.72. The van der Waals surface area contributed by atoms with Crippen LogP contribution in [0.1, 0.15) is 18.9 Å². The minimum absolute atomic E-state index is 0. The minimum atomic E-state index is -0.916. The molecule has 154 valence electrons. The second kappa shape index (κ2) is 10.5. The van der Waals surface area contributed by atoms with Crippen molar-refractivity contribution < 1.29 is 36.9 Å². The van der Waals surface area contributed by atoms with Gasteiger partial charge in [0.05, 0.1) is 18.6 Å². The Bertz CT molecular complexity index is 666. The fraction of sp³-hybridized carbons (Fsp3) is 0.438. The molecular weight excluding hydrogens is 446 g/mol. The topological polar surface area (TPSA) is 41.6 Å². The summed E-state index contributed by atoms with van der Waals surface area (Å²) in [6, 6.07) is 4.75. The Morgan fingerprint density at radius 3 is 2.52 bits per heavy atom. The van der Waals surface area contributed by atoms with Crippen molar-refractivity contribution in [1.82, 2.24) is 10.2 Å². The molecule has 2 fully saturated rings. The number of ether oxygens (including phenoxy) is 1. The SMILES string of the molecule is C=C1N[C@@]2(c3cc(Br)ccc3F)CO[C@@H](C)C[C@H]2C(=O)N1C.F.FF.FF. The van der Waals surface area contributed by atoms with Gasteiger partial charge in [0.25, 0.3) is 0 Å². The van der Waals surface area contributed by atoms with E-state index >= 15 is 0 Å². The van der Waals surface area contributed by atoms with E-state index in [1.54, 1.807) is 19.2 Å². The molecule has 0 saturated carbocycles. The molecule has 0 unspecified atom stereocenters. The maximum absolute atomic E-state index is 14.5. The molecule has 1 aromatic rings. The van der Waals surface area contributed by atoms with E-state index in [1.165, 1.54) is 11.0 Å². The zero-order valence-electron chi connectivity index (χ0n) is 14.4. The van der Waals surface area contributed by atoms with Gasteiger partial charge in [-0.2, -0.15) is 0 Å². The molecule has 27 heavy (non-hydrogen) atoms. The van der Waals surface area contributed by atoms with Gasteiger partial charge in [-0.05, 0) is 31.5 Å². The smallest absolute Gasteiger partial charge is 0.233 e. The highest BCUT2D eigenvalue weighted by atomic mass is 79.9. The number of benzene rings is 1. The van der Waals surface area contributed by atoms with Crippen LogP contribution in [0.25, 0.3) is 0 Å². The van der Waals surface area contributed by atoms with Crippen LogP contribution < -0.4 is 5.32 Å². The molecular formula is C16H19BrF6N2O2. The van der Waals surface area contributed by atoms with Crippen LogP contribution in [-0.2, 0) is 15.1 Å². The van der Waals surface area contributed by atoms with E-state index in [2.05, 4.69) is 27.8 Å². The molecule has 2 aliphatic rings. The van der Waals surface area contributed by atoms with Gasteiger partial charge in [0.2, 0.25) is 5.91 Å². The Hall–Kier alpha value is -1.75. The van der Waals surface area contributed by atoms with Crippen molar-refractivity contribution in [2.24, 2.45) is 5.92 Å². The molecule has 0 bridgehead atoms. The number of carbonyl (C=O) groups is 1. The predicted molar refractivity (Wildman–Crippen MR) is 91.3 cm³/mol. The molecule has 3 rings (SSSR count). The number of rotatable bonds is 1. The second-order valence-corrected chi connectivity index (χ2v) is 6.89. The molecule has 1 amide bonds. The molecule has 2 heterocycles. The monoisotopic (exact) mass is 464 g/mol. The van der Waals surface area contributed by atoms with Gasteiger partial charge >= 0.3 is 0 Å². The van der Waals surface area contributed by atoms with Crippen molar-refractivity contribution in [3.8, 4) is 0 Å². The molecule has 0 aliphatic carbocycles. The molecule has 4 nitrogen and oxygen atoms in total. The van der Waals surface area contributed by atoms with Crippen LogP contribution in [0.4, 0.5) is 27.4 Å². The molecule has 1 aromatic carbocycles. The summed E-state index contributed by atoms with van der Waals surface area (Å²) >= 11 is 3.38. The quantitative estimate of drug-likeness (QED) is 0.618. The third kappa shape index (κ3) is 4.75. The van der Waals surface area contributed by atoms with Gasteiger partial charge in [-0.1, -0.05) is 22.5 Å². The summed E-state index contributed by atoms with van der Waals surface area (Å²) in [5.74, 6) is -0.350. The van der Waals surface area contributed by atoms with Crippen molar-refractivity contribution in [2.45, 2.75) is 25.0 Å². The van der Waals surface area contributed by atoms with Crippen molar-refractivity contribution in [3.63, 3.8) is 0 Å². The molecule has 2 aliphatic heterocycles. The Kier molecular flexibility index (Phi) is 9.87. The van der Waals surface area contributed by atoms with Gasteiger partial charge in [-0.3, -0.25) is 9.50 Å². The van der Waals surface area contributed by atoms with Crippen molar-refractivity contribution in [2.75, 3.05) is 13.7 Å². The van der Waals surface area contributed by atoms with E-state index in [-0.39, 0.29) is 29.1 Å². The fourth-order valence-corrected chi connectivity index (χ4v) is 3.65.